The van der Waals surface area contributed by atoms with Crippen molar-refractivity contribution in [1.82, 2.24) is 5.43 Å². The zero-order chi connectivity index (χ0) is 15.4. The topological polar surface area (TPSA) is 45.0 Å². The average molecular weight is 310 g/mol. The quantitative estimate of drug-likeness (QED) is 0.433. The van der Waals surface area contributed by atoms with E-state index in [2.05, 4.69) is 39.9 Å². The Kier molecular flexibility index (Phi) is 4.25. The van der Waals surface area contributed by atoms with Crippen molar-refractivity contribution in [3.05, 3.63) is 60.9 Å². The van der Waals surface area contributed by atoms with Gasteiger partial charge in [-0.15, -0.1) is 0 Å². The molecule has 0 radical (unpaired) electrons. The predicted octanol–water partition coefficient (Wildman–Crippen LogP) is 2.89. The maximum atomic E-state index is 10.5. The number of nitrogens with zero attached hydrogens (tertiary/aromatic N) is 1. The third kappa shape index (κ3) is 3.04. The van der Waals surface area contributed by atoms with Crippen LogP contribution in [0.25, 0.3) is 10.8 Å². The highest BCUT2D eigenvalue weighted by atomic mass is 32.2. The van der Waals surface area contributed by atoms with Crippen molar-refractivity contribution in [1.29, 1.82) is 0 Å². The van der Waals surface area contributed by atoms with Crippen LogP contribution in [0.2, 0.25) is 0 Å². The number of hydrogen-bond donors (Lipinski definition) is 2. The Labute approximate surface area is 133 Å². The van der Waals surface area contributed by atoms with E-state index in [0.29, 0.717) is 6.41 Å². The van der Waals surface area contributed by atoms with Crippen molar-refractivity contribution in [2.45, 2.75) is 9.79 Å². The van der Waals surface area contributed by atoms with Gasteiger partial charge in [0.2, 0.25) is 6.41 Å². The summed E-state index contributed by atoms with van der Waals surface area (Å²) in [5, 5.41) is 2.41. The van der Waals surface area contributed by atoms with E-state index in [1.807, 2.05) is 43.4 Å². The van der Waals surface area contributed by atoms with E-state index in [-0.39, 0.29) is 0 Å². The molecule has 0 bridgehead atoms. The monoisotopic (exact) mass is 310 g/mol. The number of nitrogens with one attached hydrogen (secondary N) is 2. The Morgan fingerprint density at radius 1 is 1.00 bits per heavy atom. The van der Waals surface area contributed by atoms with Crippen LogP contribution < -0.4 is 15.4 Å². The molecule has 2 aromatic carbocycles. The fraction of sp³-hybridized carbons (Fsp3) is 0.0588. The van der Waals surface area contributed by atoms with Crippen LogP contribution in [0.5, 0.6) is 0 Å². The number of hydrogen-bond acceptors (Lipinski definition) is 3. The van der Waals surface area contributed by atoms with Crippen molar-refractivity contribution in [3.63, 3.8) is 0 Å². The second kappa shape index (κ2) is 6.49. The number of fused-ring (bicyclic) bond motifs is 1. The molecule has 5 heteroatoms. The number of carbonyl (C=O) groups excluding carboxylic acids is 1. The highest BCUT2D eigenvalue weighted by Gasteiger charge is 2.11. The lowest BCUT2D eigenvalue weighted by atomic mass is 10.2. The molecule has 22 heavy (non-hydrogen) atoms. The first-order chi connectivity index (χ1) is 10.8. The Morgan fingerprint density at radius 2 is 1.77 bits per heavy atom. The predicted molar refractivity (Wildman–Crippen MR) is 88.5 cm³/mol. The number of carbonyl (C=O) groups is 1. The molecule has 0 atom stereocenters. The van der Waals surface area contributed by atoms with Gasteiger partial charge in [-0.2, -0.15) is 0 Å². The van der Waals surface area contributed by atoms with Crippen LogP contribution in [0.3, 0.4) is 0 Å². The van der Waals surface area contributed by atoms with Crippen molar-refractivity contribution >= 4 is 34.6 Å². The lowest BCUT2D eigenvalue weighted by Gasteiger charge is -2.11. The lowest BCUT2D eigenvalue weighted by molar-refractivity contribution is -0.671. The number of aromatic nitrogens is 1. The summed E-state index contributed by atoms with van der Waals surface area (Å²) in [6, 6.07) is 16.2. The van der Waals surface area contributed by atoms with Gasteiger partial charge in [0.25, 0.3) is 0 Å². The van der Waals surface area contributed by atoms with Crippen LogP contribution in [0, 0.1) is 0 Å². The minimum atomic E-state index is 0.624. The van der Waals surface area contributed by atoms with E-state index in [4.69, 9.17) is 0 Å². The molecule has 0 saturated carbocycles. The number of hydrazine groups is 1. The Hall–Kier alpha value is -2.53. The maximum absolute atomic E-state index is 10.5. The molecule has 110 valence electrons. The third-order valence-electron chi connectivity index (χ3n) is 3.26. The number of anilines is 1. The molecule has 0 fully saturated rings. The number of aryl methyl sites for hydroxylation is 1. The van der Waals surface area contributed by atoms with Gasteiger partial charge in [-0.05, 0) is 18.2 Å². The van der Waals surface area contributed by atoms with Gasteiger partial charge in [0.05, 0.1) is 10.6 Å². The molecule has 1 amide bonds. The van der Waals surface area contributed by atoms with E-state index in [1.54, 1.807) is 11.8 Å². The van der Waals surface area contributed by atoms with Gasteiger partial charge in [-0.3, -0.25) is 15.6 Å². The fourth-order valence-electron chi connectivity index (χ4n) is 2.31. The average Bonchev–Trinajstić information content (AvgIpc) is 2.54. The molecule has 0 aliphatic rings. The van der Waals surface area contributed by atoms with Crippen LogP contribution in [0.4, 0.5) is 5.69 Å². The van der Waals surface area contributed by atoms with Gasteiger partial charge < -0.3 is 0 Å². The number of amides is 1. The zero-order valence-corrected chi connectivity index (χ0v) is 12.9. The SMILES string of the molecule is C[n+]1cc(Sc2ccccc2NNC=O)c2ccccc2c1. The Balaban J connectivity index is 2.02. The van der Waals surface area contributed by atoms with Crippen molar-refractivity contribution in [3.8, 4) is 0 Å². The van der Waals surface area contributed by atoms with E-state index in [0.717, 1.165) is 10.6 Å². The smallest absolute Gasteiger partial charge is 0.225 e. The fourth-order valence-corrected chi connectivity index (χ4v) is 3.44. The molecule has 0 spiro atoms. The van der Waals surface area contributed by atoms with Gasteiger partial charge in [-0.25, -0.2) is 4.57 Å². The van der Waals surface area contributed by atoms with E-state index in [9.17, 15) is 4.79 Å². The van der Waals surface area contributed by atoms with Crippen LogP contribution in [0.1, 0.15) is 0 Å². The summed E-state index contributed by atoms with van der Waals surface area (Å²) >= 11 is 1.67. The number of para-hydroxylation sites is 1. The molecular formula is C17H16N3OS+. The molecule has 0 aliphatic carbocycles. The van der Waals surface area contributed by atoms with Crippen LogP contribution in [-0.4, -0.2) is 6.41 Å². The van der Waals surface area contributed by atoms with Crippen molar-refractivity contribution in [2.24, 2.45) is 7.05 Å². The highest BCUT2D eigenvalue weighted by Crippen LogP contribution is 2.36. The Morgan fingerprint density at radius 3 is 2.64 bits per heavy atom. The van der Waals surface area contributed by atoms with E-state index >= 15 is 0 Å². The van der Waals surface area contributed by atoms with Crippen molar-refractivity contribution < 1.29 is 9.36 Å². The minimum Gasteiger partial charge on any atom is -0.298 e. The largest absolute Gasteiger partial charge is 0.298 e. The third-order valence-corrected chi connectivity index (χ3v) is 4.38. The van der Waals surface area contributed by atoms with Gasteiger partial charge in [0, 0.05) is 15.7 Å². The summed E-state index contributed by atoms with van der Waals surface area (Å²) in [7, 11) is 2.02. The molecule has 1 aromatic heterocycles. The molecule has 4 nitrogen and oxygen atoms in total. The first kappa shape index (κ1) is 14.4. The summed E-state index contributed by atoms with van der Waals surface area (Å²) in [6.45, 7) is 0. The second-order valence-electron chi connectivity index (χ2n) is 4.86. The molecule has 0 aliphatic heterocycles. The summed E-state index contributed by atoms with van der Waals surface area (Å²) < 4.78 is 2.06. The molecule has 3 aromatic rings. The number of pyridine rings is 1. The molecule has 2 N–H and O–H groups in total. The van der Waals surface area contributed by atoms with Crippen molar-refractivity contribution in [2.75, 3.05) is 5.43 Å². The minimum absolute atomic E-state index is 0.624. The molecule has 0 saturated heterocycles. The Bertz CT molecular complexity index is 820. The summed E-state index contributed by atoms with van der Waals surface area (Å²) in [5.41, 5.74) is 6.26. The first-order valence-corrected chi connectivity index (χ1v) is 7.69. The second-order valence-corrected chi connectivity index (χ2v) is 5.94. The highest BCUT2D eigenvalue weighted by molar-refractivity contribution is 7.99. The summed E-state index contributed by atoms with van der Waals surface area (Å²) in [6.07, 6.45) is 4.84. The van der Waals surface area contributed by atoms with Gasteiger partial charge in [-0.1, -0.05) is 42.1 Å². The lowest BCUT2D eigenvalue weighted by Crippen LogP contribution is -2.26. The van der Waals surface area contributed by atoms with Crippen LogP contribution in [0.15, 0.2) is 70.7 Å². The van der Waals surface area contributed by atoms with Gasteiger partial charge in [0.15, 0.2) is 12.4 Å². The summed E-state index contributed by atoms with van der Waals surface area (Å²) in [4.78, 5) is 12.7. The zero-order valence-electron chi connectivity index (χ0n) is 12.1. The molecule has 1 heterocycles. The maximum Gasteiger partial charge on any atom is 0.225 e. The number of rotatable bonds is 5. The van der Waals surface area contributed by atoms with E-state index in [1.165, 1.54) is 15.7 Å². The molecule has 0 unspecified atom stereocenters. The normalized spacial score (nSPS) is 10.4. The summed E-state index contributed by atoms with van der Waals surface area (Å²) in [5.74, 6) is 0. The van der Waals surface area contributed by atoms with Crippen LogP contribution >= 0.6 is 11.8 Å². The van der Waals surface area contributed by atoms with Crippen LogP contribution in [-0.2, 0) is 11.8 Å². The van der Waals surface area contributed by atoms with Gasteiger partial charge >= 0.3 is 0 Å². The van der Waals surface area contributed by atoms with E-state index < -0.39 is 0 Å². The number of benzene rings is 2. The van der Waals surface area contributed by atoms with Gasteiger partial charge in [0.1, 0.15) is 7.05 Å². The molecule has 3 rings (SSSR count). The molecular weight excluding hydrogens is 294 g/mol. The first-order valence-electron chi connectivity index (χ1n) is 6.88. The standard InChI is InChI=1S/C17H15N3OS/c1-20-10-13-6-2-3-7-14(13)17(11-20)22-16-9-5-4-8-15(16)19-18-12-21/h2-12,19H,1H3/p+1.